The predicted octanol–water partition coefficient (Wildman–Crippen LogP) is 2.09. The molecule has 130 valence electrons. The molecule has 8 heteroatoms. The molecule has 0 saturated carbocycles. The molecule has 0 spiro atoms. The van der Waals surface area contributed by atoms with Crippen LogP contribution in [0.4, 0.5) is 0 Å². The van der Waals surface area contributed by atoms with Gasteiger partial charge in [-0.25, -0.2) is 13.4 Å². The van der Waals surface area contributed by atoms with Crippen molar-refractivity contribution < 1.29 is 13.2 Å². The minimum atomic E-state index is -3.53. The number of sulfone groups is 1. The Bertz CT molecular complexity index is 1070. The highest BCUT2D eigenvalue weighted by molar-refractivity contribution is 7.90. The molecule has 3 aromatic rings. The fourth-order valence-corrected chi connectivity index (χ4v) is 4.90. The number of hydrogen-bond donors (Lipinski definition) is 0. The van der Waals surface area contributed by atoms with Gasteiger partial charge in [0.15, 0.2) is 0 Å². The zero-order chi connectivity index (χ0) is 17.6. The smallest absolute Gasteiger partial charge is 0.242 e. The number of para-hydroxylation sites is 2. The molecule has 0 N–H and O–H groups in total. The van der Waals surface area contributed by atoms with Gasteiger partial charge in [-0.05, 0) is 35.6 Å². The van der Waals surface area contributed by atoms with Gasteiger partial charge in [0, 0.05) is 24.2 Å². The van der Waals surface area contributed by atoms with Gasteiger partial charge in [-0.1, -0.05) is 12.1 Å². The molecule has 0 atom stereocenters. The molecule has 4 rings (SSSR count). The lowest BCUT2D eigenvalue weighted by molar-refractivity contribution is -0.132. The number of rotatable bonds is 3. The Labute approximate surface area is 149 Å². The Kier molecular flexibility index (Phi) is 3.88. The Morgan fingerprint density at radius 1 is 1.28 bits per heavy atom. The molecular weight excluding hydrogens is 358 g/mol. The van der Waals surface area contributed by atoms with E-state index in [9.17, 15) is 13.2 Å². The highest BCUT2D eigenvalue weighted by Crippen LogP contribution is 2.25. The number of benzene rings is 1. The summed E-state index contributed by atoms with van der Waals surface area (Å²) in [6.45, 7) is 1.22. The molecule has 0 unspecified atom stereocenters. The molecular formula is C17H17N3O3S2. The van der Waals surface area contributed by atoms with Crippen LogP contribution in [0.5, 0.6) is 0 Å². The third-order valence-electron chi connectivity index (χ3n) is 4.40. The number of hydrogen-bond acceptors (Lipinski definition) is 5. The molecule has 0 bridgehead atoms. The van der Waals surface area contributed by atoms with E-state index in [4.69, 9.17) is 0 Å². The van der Waals surface area contributed by atoms with E-state index in [0.29, 0.717) is 24.1 Å². The van der Waals surface area contributed by atoms with Crippen molar-refractivity contribution in [1.29, 1.82) is 0 Å². The standard InChI is InChI=1S/C17H17N3O3S2/c1-25(22,23)17-18-13-4-2-3-5-14(13)20(17)11-16(21)19-8-6-15-12(10-19)7-9-24-15/h2-5,7,9H,6,8,10-11H2,1H3. The number of aromatic nitrogens is 2. The van der Waals surface area contributed by atoms with Crippen LogP contribution in [0.2, 0.25) is 0 Å². The first-order valence-corrected chi connectivity index (χ1v) is 10.7. The van der Waals surface area contributed by atoms with E-state index in [1.807, 2.05) is 17.5 Å². The van der Waals surface area contributed by atoms with Crippen LogP contribution in [0.25, 0.3) is 11.0 Å². The fourth-order valence-electron chi connectivity index (χ4n) is 3.19. The summed E-state index contributed by atoms with van der Waals surface area (Å²) in [6.07, 6.45) is 1.97. The van der Waals surface area contributed by atoms with E-state index in [-0.39, 0.29) is 17.6 Å². The number of thiophene rings is 1. The average molecular weight is 375 g/mol. The first-order chi connectivity index (χ1) is 11.9. The van der Waals surface area contributed by atoms with Crippen LogP contribution in [0.15, 0.2) is 40.9 Å². The summed E-state index contributed by atoms with van der Waals surface area (Å²) in [6, 6.07) is 9.21. The van der Waals surface area contributed by atoms with Crippen LogP contribution in [0, 0.1) is 0 Å². The number of amides is 1. The van der Waals surface area contributed by atoms with Crippen molar-refractivity contribution in [2.45, 2.75) is 24.7 Å². The molecule has 3 heterocycles. The Morgan fingerprint density at radius 2 is 2.08 bits per heavy atom. The summed E-state index contributed by atoms with van der Waals surface area (Å²) < 4.78 is 25.7. The number of fused-ring (bicyclic) bond motifs is 2. The topological polar surface area (TPSA) is 72.3 Å². The summed E-state index contributed by atoms with van der Waals surface area (Å²) in [5.74, 6) is -0.0927. The van der Waals surface area contributed by atoms with Gasteiger partial charge in [-0.15, -0.1) is 11.3 Å². The number of nitrogens with zero attached hydrogens (tertiary/aromatic N) is 3. The Balaban J connectivity index is 1.68. The highest BCUT2D eigenvalue weighted by Gasteiger charge is 2.25. The number of imidazole rings is 1. The first kappa shape index (κ1) is 16.3. The van der Waals surface area contributed by atoms with Crippen molar-refractivity contribution in [3.8, 4) is 0 Å². The second kappa shape index (κ2) is 5.96. The normalized spacial score (nSPS) is 14.7. The second-order valence-electron chi connectivity index (χ2n) is 6.18. The molecule has 1 aliphatic heterocycles. The molecule has 1 aliphatic rings. The van der Waals surface area contributed by atoms with E-state index in [0.717, 1.165) is 12.7 Å². The maximum Gasteiger partial charge on any atom is 0.242 e. The molecule has 0 radical (unpaired) electrons. The van der Waals surface area contributed by atoms with Crippen LogP contribution in [0.1, 0.15) is 10.4 Å². The van der Waals surface area contributed by atoms with Crippen molar-refractivity contribution in [3.05, 3.63) is 46.2 Å². The molecule has 6 nitrogen and oxygen atoms in total. The third-order valence-corrected chi connectivity index (χ3v) is 6.40. The van der Waals surface area contributed by atoms with Crippen molar-refractivity contribution in [2.24, 2.45) is 0 Å². The third kappa shape index (κ3) is 2.96. The predicted molar refractivity (Wildman–Crippen MR) is 96.3 cm³/mol. The summed E-state index contributed by atoms with van der Waals surface area (Å²) >= 11 is 1.72. The van der Waals surface area contributed by atoms with Gasteiger partial charge >= 0.3 is 0 Å². The lowest BCUT2D eigenvalue weighted by Crippen LogP contribution is -2.37. The van der Waals surface area contributed by atoms with Gasteiger partial charge in [0.2, 0.25) is 20.9 Å². The monoisotopic (exact) mass is 375 g/mol. The minimum Gasteiger partial charge on any atom is -0.336 e. The van der Waals surface area contributed by atoms with E-state index in [2.05, 4.69) is 4.98 Å². The number of carbonyl (C=O) groups is 1. The zero-order valence-corrected chi connectivity index (χ0v) is 15.3. The summed E-state index contributed by atoms with van der Waals surface area (Å²) in [5, 5.41) is 1.99. The first-order valence-electron chi connectivity index (χ1n) is 7.92. The Hall–Kier alpha value is -2.19. The van der Waals surface area contributed by atoms with Crippen LogP contribution in [-0.2, 0) is 34.1 Å². The van der Waals surface area contributed by atoms with E-state index < -0.39 is 9.84 Å². The molecule has 2 aromatic heterocycles. The van der Waals surface area contributed by atoms with Crippen LogP contribution in [-0.4, -0.2) is 41.6 Å². The van der Waals surface area contributed by atoms with Crippen molar-refractivity contribution in [1.82, 2.24) is 14.5 Å². The number of carbonyl (C=O) groups excluding carboxylic acids is 1. The lowest BCUT2D eigenvalue weighted by Gasteiger charge is -2.27. The summed E-state index contributed by atoms with van der Waals surface area (Å²) in [5.41, 5.74) is 2.42. The lowest BCUT2D eigenvalue weighted by atomic mass is 10.1. The van der Waals surface area contributed by atoms with Crippen molar-refractivity contribution in [2.75, 3.05) is 12.8 Å². The quantitative estimate of drug-likeness (QED) is 0.703. The Morgan fingerprint density at radius 3 is 2.88 bits per heavy atom. The maximum atomic E-state index is 12.8. The van der Waals surface area contributed by atoms with E-state index >= 15 is 0 Å². The van der Waals surface area contributed by atoms with Gasteiger partial charge < -0.3 is 9.47 Å². The van der Waals surface area contributed by atoms with Crippen LogP contribution >= 0.6 is 11.3 Å². The molecule has 25 heavy (non-hydrogen) atoms. The van der Waals surface area contributed by atoms with Crippen molar-refractivity contribution in [3.63, 3.8) is 0 Å². The highest BCUT2D eigenvalue weighted by atomic mass is 32.2. The maximum absolute atomic E-state index is 12.8. The average Bonchev–Trinajstić information content (AvgIpc) is 3.18. The molecule has 1 amide bonds. The van der Waals surface area contributed by atoms with Gasteiger partial charge in [0.05, 0.1) is 11.0 Å². The van der Waals surface area contributed by atoms with Gasteiger partial charge in [0.1, 0.15) is 6.54 Å². The largest absolute Gasteiger partial charge is 0.336 e. The van der Waals surface area contributed by atoms with Crippen LogP contribution < -0.4 is 0 Å². The second-order valence-corrected chi connectivity index (χ2v) is 9.09. The fraction of sp³-hybridized carbons (Fsp3) is 0.294. The van der Waals surface area contributed by atoms with Crippen LogP contribution in [0.3, 0.4) is 0 Å². The SMILES string of the molecule is CS(=O)(=O)c1nc2ccccc2n1CC(=O)N1CCc2sccc2C1. The summed E-state index contributed by atoms with van der Waals surface area (Å²) in [7, 11) is -3.53. The van der Waals surface area contributed by atoms with Gasteiger partial charge in [0.25, 0.3) is 0 Å². The summed E-state index contributed by atoms with van der Waals surface area (Å²) in [4.78, 5) is 20.1. The van der Waals surface area contributed by atoms with Crippen molar-refractivity contribution >= 4 is 38.1 Å². The molecule has 1 aromatic carbocycles. The zero-order valence-electron chi connectivity index (χ0n) is 13.7. The van der Waals surface area contributed by atoms with E-state index in [1.165, 1.54) is 15.0 Å². The minimum absolute atomic E-state index is 0.0254. The molecule has 0 aliphatic carbocycles. The molecule has 0 saturated heterocycles. The van der Waals surface area contributed by atoms with E-state index in [1.54, 1.807) is 34.4 Å². The van der Waals surface area contributed by atoms with Gasteiger partial charge in [-0.3, -0.25) is 4.79 Å². The van der Waals surface area contributed by atoms with Gasteiger partial charge in [-0.2, -0.15) is 0 Å². The molecule has 0 fully saturated rings.